The lowest BCUT2D eigenvalue weighted by Crippen LogP contribution is -2.36. The molecule has 3 aromatic rings. The van der Waals surface area contributed by atoms with Gasteiger partial charge in [0.05, 0.1) is 19.2 Å². The number of fused-ring (bicyclic) bond motifs is 1. The van der Waals surface area contributed by atoms with Gasteiger partial charge in [-0.25, -0.2) is 4.68 Å². The fraction of sp³-hybridized carbons (Fsp3) is 0.350. The van der Waals surface area contributed by atoms with Crippen molar-refractivity contribution in [1.29, 1.82) is 0 Å². The van der Waals surface area contributed by atoms with Gasteiger partial charge in [0, 0.05) is 20.2 Å². The lowest BCUT2D eigenvalue weighted by atomic mass is 9.96. The van der Waals surface area contributed by atoms with Gasteiger partial charge < -0.3 is 4.74 Å². The summed E-state index contributed by atoms with van der Waals surface area (Å²) in [7, 11) is 1.69. The number of rotatable bonds is 6. The van der Waals surface area contributed by atoms with E-state index in [4.69, 9.17) is 4.74 Å². The van der Waals surface area contributed by atoms with E-state index >= 15 is 0 Å². The third kappa shape index (κ3) is 3.38. The first-order chi connectivity index (χ1) is 12.9. The van der Waals surface area contributed by atoms with Gasteiger partial charge in [0.15, 0.2) is 5.82 Å². The van der Waals surface area contributed by atoms with E-state index in [1.165, 1.54) is 16.7 Å². The highest BCUT2D eigenvalue weighted by atomic mass is 16.5. The number of nitrogens with zero attached hydrogens (tertiary/aromatic N) is 5. The molecule has 0 saturated carbocycles. The molecule has 1 aliphatic rings. The van der Waals surface area contributed by atoms with Crippen molar-refractivity contribution < 1.29 is 4.74 Å². The average Bonchev–Trinajstić information content (AvgIpc) is 3.15. The van der Waals surface area contributed by atoms with Crippen LogP contribution in [0.5, 0.6) is 0 Å². The minimum Gasteiger partial charge on any atom is -0.383 e. The summed E-state index contributed by atoms with van der Waals surface area (Å²) in [6.07, 6.45) is 1.04. The monoisotopic (exact) mass is 349 g/mol. The van der Waals surface area contributed by atoms with E-state index in [1.807, 2.05) is 10.7 Å². The molecule has 0 aliphatic carbocycles. The minimum absolute atomic E-state index is 0.0245. The fourth-order valence-corrected chi connectivity index (χ4v) is 3.64. The summed E-state index contributed by atoms with van der Waals surface area (Å²) in [4.78, 5) is 2.46. The van der Waals surface area contributed by atoms with Crippen molar-refractivity contribution in [2.75, 3.05) is 20.3 Å². The maximum atomic E-state index is 5.22. The molecule has 0 saturated heterocycles. The van der Waals surface area contributed by atoms with Crippen LogP contribution in [0.4, 0.5) is 0 Å². The van der Waals surface area contributed by atoms with Gasteiger partial charge >= 0.3 is 0 Å². The molecule has 1 atom stereocenters. The Labute approximate surface area is 153 Å². The summed E-state index contributed by atoms with van der Waals surface area (Å²) in [5.41, 5.74) is 4.03. The molecule has 0 unspecified atom stereocenters. The summed E-state index contributed by atoms with van der Waals surface area (Å²) in [6, 6.07) is 19.2. The quantitative estimate of drug-likeness (QED) is 0.684. The van der Waals surface area contributed by atoms with Crippen molar-refractivity contribution in [2.45, 2.75) is 25.6 Å². The van der Waals surface area contributed by atoms with Crippen molar-refractivity contribution >= 4 is 0 Å². The molecule has 0 amide bonds. The molecule has 1 aliphatic heterocycles. The molecular formula is C20H23N5O. The van der Waals surface area contributed by atoms with Gasteiger partial charge in [0.2, 0.25) is 0 Å². The van der Waals surface area contributed by atoms with Crippen LogP contribution in [0.3, 0.4) is 0 Å². The smallest absolute Gasteiger partial charge is 0.173 e. The zero-order valence-corrected chi connectivity index (χ0v) is 15.0. The zero-order chi connectivity index (χ0) is 17.8. The predicted molar refractivity (Wildman–Crippen MR) is 98.5 cm³/mol. The lowest BCUT2D eigenvalue weighted by molar-refractivity contribution is 0.170. The fourth-order valence-electron chi connectivity index (χ4n) is 3.64. The second kappa shape index (κ2) is 7.76. The molecule has 0 N–H and O–H groups in total. The van der Waals surface area contributed by atoms with Gasteiger partial charge in [-0.1, -0.05) is 54.6 Å². The van der Waals surface area contributed by atoms with Crippen LogP contribution in [0.25, 0.3) is 0 Å². The maximum Gasteiger partial charge on any atom is 0.173 e. The first kappa shape index (κ1) is 16.9. The Morgan fingerprint density at radius 1 is 1.04 bits per heavy atom. The highest BCUT2D eigenvalue weighted by Crippen LogP contribution is 2.31. The second-order valence-electron chi connectivity index (χ2n) is 6.56. The molecule has 134 valence electrons. The largest absolute Gasteiger partial charge is 0.383 e. The molecule has 0 spiro atoms. The van der Waals surface area contributed by atoms with Gasteiger partial charge in [-0.05, 0) is 33.5 Å². The second-order valence-corrected chi connectivity index (χ2v) is 6.56. The van der Waals surface area contributed by atoms with Crippen molar-refractivity contribution in [2.24, 2.45) is 0 Å². The SMILES string of the molecule is COCCn1nnnc1[C@H](c1ccccc1)N1CCc2ccccc2C1. The van der Waals surface area contributed by atoms with Crippen molar-refractivity contribution in [1.82, 2.24) is 25.1 Å². The average molecular weight is 349 g/mol. The Hall–Kier alpha value is -2.57. The third-order valence-electron chi connectivity index (χ3n) is 4.95. The number of methoxy groups -OCH3 is 1. The summed E-state index contributed by atoms with van der Waals surface area (Å²) in [6.45, 7) is 3.11. The van der Waals surface area contributed by atoms with Gasteiger partial charge in [-0.3, -0.25) is 4.90 Å². The number of hydrogen-bond acceptors (Lipinski definition) is 5. The van der Waals surface area contributed by atoms with Crippen LogP contribution in [-0.4, -0.2) is 45.4 Å². The maximum absolute atomic E-state index is 5.22. The summed E-state index contributed by atoms with van der Waals surface area (Å²) < 4.78 is 7.08. The van der Waals surface area contributed by atoms with Crippen molar-refractivity contribution in [3.05, 3.63) is 77.1 Å². The number of ether oxygens (including phenoxy) is 1. The number of tetrazole rings is 1. The van der Waals surface area contributed by atoms with Crippen LogP contribution in [0.15, 0.2) is 54.6 Å². The summed E-state index contributed by atoms with van der Waals surface area (Å²) in [5.74, 6) is 0.868. The van der Waals surface area contributed by atoms with Crippen LogP contribution in [0, 0.1) is 0 Å². The summed E-state index contributed by atoms with van der Waals surface area (Å²) in [5, 5.41) is 12.5. The van der Waals surface area contributed by atoms with Crippen LogP contribution in [0.2, 0.25) is 0 Å². The predicted octanol–water partition coefficient (Wildman–Crippen LogP) is 2.47. The van der Waals surface area contributed by atoms with E-state index in [0.717, 1.165) is 25.3 Å². The van der Waals surface area contributed by atoms with Crippen LogP contribution in [-0.2, 0) is 24.2 Å². The van der Waals surface area contributed by atoms with Crippen LogP contribution < -0.4 is 0 Å². The van der Waals surface area contributed by atoms with Crippen LogP contribution in [0.1, 0.15) is 28.6 Å². The highest BCUT2D eigenvalue weighted by Gasteiger charge is 2.30. The van der Waals surface area contributed by atoms with E-state index in [-0.39, 0.29) is 6.04 Å². The Balaban J connectivity index is 1.70. The van der Waals surface area contributed by atoms with Gasteiger partial charge in [-0.2, -0.15) is 0 Å². The summed E-state index contributed by atoms with van der Waals surface area (Å²) >= 11 is 0. The Morgan fingerprint density at radius 2 is 1.81 bits per heavy atom. The van der Waals surface area contributed by atoms with Crippen molar-refractivity contribution in [3.8, 4) is 0 Å². The van der Waals surface area contributed by atoms with Crippen LogP contribution >= 0.6 is 0 Å². The van der Waals surface area contributed by atoms with Gasteiger partial charge in [0.1, 0.15) is 0 Å². The molecule has 2 aromatic carbocycles. The molecule has 2 heterocycles. The van der Waals surface area contributed by atoms with E-state index < -0.39 is 0 Å². The normalized spacial score (nSPS) is 15.6. The Bertz CT molecular complexity index is 848. The van der Waals surface area contributed by atoms with E-state index in [0.29, 0.717) is 13.2 Å². The molecule has 4 rings (SSSR count). The first-order valence-corrected chi connectivity index (χ1v) is 8.97. The number of hydrogen-bond donors (Lipinski definition) is 0. The topological polar surface area (TPSA) is 56.1 Å². The molecule has 6 nitrogen and oxygen atoms in total. The molecule has 0 bridgehead atoms. The molecule has 6 heteroatoms. The molecule has 0 radical (unpaired) electrons. The third-order valence-corrected chi connectivity index (χ3v) is 4.95. The highest BCUT2D eigenvalue weighted by molar-refractivity contribution is 5.31. The molecule has 1 aromatic heterocycles. The van der Waals surface area contributed by atoms with Gasteiger partial charge in [0.25, 0.3) is 0 Å². The number of aromatic nitrogens is 4. The van der Waals surface area contributed by atoms with Gasteiger partial charge in [-0.15, -0.1) is 5.10 Å². The molecule has 26 heavy (non-hydrogen) atoms. The standard InChI is InChI=1S/C20H23N5O/c1-26-14-13-25-20(21-22-23-25)19(17-8-3-2-4-9-17)24-12-11-16-7-5-6-10-18(16)15-24/h2-10,19H,11-15H2,1H3/t19-/m0/s1. The lowest BCUT2D eigenvalue weighted by Gasteiger charge is -2.35. The Kier molecular flexibility index (Phi) is 5.04. The van der Waals surface area contributed by atoms with E-state index in [9.17, 15) is 0 Å². The minimum atomic E-state index is 0.0245. The van der Waals surface area contributed by atoms with E-state index in [1.54, 1.807) is 7.11 Å². The molecular weight excluding hydrogens is 326 g/mol. The number of benzene rings is 2. The van der Waals surface area contributed by atoms with E-state index in [2.05, 4.69) is 69.0 Å². The van der Waals surface area contributed by atoms with Crippen molar-refractivity contribution in [3.63, 3.8) is 0 Å². The first-order valence-electron chi connectivity index (χ1n) is 8.97. The zero-order valence-electron chi connectivity index (χ0n) is 15.0. The molecule has 0 fully saturated rings. The Morgan fingerprint density at radius 3 is 2.62 bits per heavy atom.